The second-order valence-corrected chi connectivity index (χ2v) is 5.09. The first-order chi connectivity index (χ1) is 9.08. The fourth-order valence-corrected chi connectivity index (χ4v) is 2.18. The Hall–Kier alpha value is -1.65. The maximum absolute atomic E-state index is 12.1. The molecule has 0 unspecified atom stereocenters. The largest absolute Gasteiger partial charge is 0.389 e. The van der Waals surface area contributed by atoms with Crippen LogP contribution in [0.15, 0.2) is 53.0 Å². The lowest BCUT2D eigenvalue weighted by Crippen LogP contribution is -2.12. The molecule has 0 fully saturated rings. The highest BCUT2D eigenvalue weighted by Gasteiger charge is 2.10. The van der Waals surface area contributed by atoms with Gasteiger partial charge >= 0.3 is 0 Å². The molecule has 2 aromatic carbocycles. The predicted octanol–water partition coefficient (Wildman–Crippen LogP) is 3.75. The molecule has 0 aliphatic rings. The Morgan fingerprint density at radius 2 is 1.95 bits per heavy atom. The number of aliphatic hydroxyl groups excluding tert-OH is 1. The topological polar surface area (TPSA) is 49.3 Å². The van der Waals surface area contributed by atoms with E-state index in [1.54, 1.807) is 31.2 Å². The Morgan fingerprint density at radius 3 is 2.63 bits per heavy atom. The van der Waals surface area contributed by atoms with Crippen molar-refractivity contribution in [3.63, 3.8) is 0 Å². The van der Waals surface area contributed by atoms with E-state index < -0.39 is 6.10 Å². The summed E-state index contributed by atoms with van der Waals surface area (Å²) in [6.07, 6.45) is -0.555. The molecule has 1 amide bonds. The van der Waals surface area contributed by atoms with Gasteiger partial charge in [0.05, 0.1) is 11.7 Å². The minimum atomic E-state index is -0.555. The van der Waals surface area contributed by atoms with Gasteiger partial charge in [0.2, 0.25) is 0 Å². The van der Waals surface area contributed by atoms with Gasteiger partial charge < -0.3 is 10.4 Å². The fraction of sp³-hybridized carbons (Fsp3) is 0.133. The molecule has 0 spiro atoms. The van der Waals surface area contributed by atoms with E-state index in [2.05, 4.69) is 21.2 Å². The molecule has 4 heteroatoms. The Balaban J connectivity index is 2.20. The number of amides is 1. The van der Waals surface area contributed by atoms with Gasteiger partial charge in [-0.15, -0.1) is 0 Å². The Bertz CT molecular complexity index is 596. The lowest BCUT2D eigenvalue weighted by molar-refractivity contribution is 0.102. The third-order valence-corrected chi connectivity index (χ3v) is 3.44. The van der Waals surface area contributed by atoms with E-state index >= 15 is 0 Å². The van der Waals surface area contributed by atoms with Crippen LogP contribution in [0.4, 0.5) is 5.69 Å². The zero-order valence-corrected chi connectivity index (χ0v) is 12.0. The minimum absolute atomic E-state index is 0.185. The van der Waals surface area contributed by atoms with Gasteiger partial charge in [0.1, 0.15) is 0 Å². The number of hydrogen-bond donors (Lipinski definition) is 2. The molecule has 2 rings (SSSR count). The van der Waals surface area contributed by atoms with Gasteiger partial charge in [-0.1, -0.05) is 24.3 Å². The van der Waals surface area contributed by atoms with Crippen LogP contribution in [0.5, 0.6) is 0 Å². The molecule has 0 aliphatic heterocycles. The second-order valence-electron chi connectivity index (χ2n) is 4.24. The predicted molar refractivity (Wildman–Crippen MR) is 79.2 cm³/mol. The number of aliphatic hydroxyl groups is 1. The average Bonchev–Trinajstić information content (AvgIpc) is 2.39. The smallest absolute Gasteiger partial charge is 0.256 e. The van der Waals surface area contributed by atoms with E-state index in [4.69, 9.17) is 0 Å². The average molecular weight is 320 g/mol. The number of carbonyl (C=O) groups is 1. The maximum Gasteiger partial charge on any atom is 0.256 e. The molecule has 0 aliphatic carbocycles. The summed E-state index contributed by atoms with van der Waals surface area (Å²) in [4.78, 5) is 12.1. The van der Waals surface area contributed by atoms with Crippen molar-refractivity contribution < 1.29 is 9.90 Å². The molecule has 3 nitrogen and oxygen atoms in total. The first kappa shape index (κ1) is 13.8. The summed E-state index contributed by atoms with van der Waals surface area (Å²) in [7, 11) is 0. The van der Waals surface area contributed by atoms with Crippen LogP contribution >= 0.6 is 15.9 Å². The summed E-state index contributed by atoms with van der Waals surface area (Å²) in [5.74, 6) is -0.185. The van der Waals surface area contributed by atoms with Gasteiger partial charge in [-0.2, -0.15) is 0 Å². The number of halogens is 1. The molecular formula is C15H14BrNO2. The Labute approximate surface area is 120 Å². The molecule has 0 saturated heterocycles. The monoisotopic (exact) mass is 319 g/mol. The van der Waals surface area contributed by atoms with Crippen LogP contribution in [0, 0.1) is 0 Å². The summed E-state index contributed by atoms with van der Waals surface area (Å²) < 4.78 is 0.749. The highest BCUT2D eigenvalue weighted by Crippen LogP contribution is 2.20. The van der Waals surface area contributed by atoms with Crippen LogP contribution in [-0.2, 0) is 0 Å². The highest BCUT2D eigenvalue weighted by atomic mass is 79.9. The second kappa shape index (κ2) is 5.99. The molecule has 2 aromatic rings. The number of carbonyl (C=O) groups excluding carboxylic acids is 1. The van der Waals surface area contributed by atoms with Crippen LogP contribution in [0.3, 0.4) is 0 Å². The summed E-state index contributed by atoms with van der Waals surface area (Å²) in [6.45, 7) is 1.69. The van der Waals surface area contributed by atoms with Crippen LogP contribution in [-0.4, -0.2) is 11.0 Å². The van der Waals surface area contributed by atoms with Gasteiger partial charge in [0, 0.05) is 10.2 Å². The molecule has 0 saturated carbocycles. The van der Waals surface area contributed by atoms with Crippen molar-refractivity contribution in [3.05, 3.63) is 64.1 Å². The van der Waals surface area contributed by atoms with Crippen molar-refractivity contribution in [1.82, 2.24) is 0 Å². The van der Waals surface area contributed by atoms with Gasteiger partial charge in [0.15, 0.2) is 0 Å². The summed E-state index contributed by atoms with van der Waals surface area (Å²) >= 11 is 3.35. The standard InChI is InChI=1S/C15H14BrNO2/c1-10(18)11-5-4-6-12(9-11)17-15(19)13-7-2-3-8-14(13)16/h2-10,18H,1H3,(H,17,19)/t10-/m1/s1. The summed E-state index contributed by atoms with van der Waals surface area (Å²) in [5.41, 5.74) is 2.01. The van der Waals surface area contributed by atoms with Crippen molar-refractivity contribution in [1.29, 1.82) is 0 Å². The van der Waals surface area contributed by atoms with Gasteiger partial charge in [-0.05, 0) is 52.7 Å². The van der Waals surface area contributed by atoms with Crippen LogP contribution in [0.2, 0.25) is 0 Å². The van der Waals surface area contributed by atoms with Gasteiger partial charge in [0.25, 0.3) is 5.91 Å². The van der Waals surface area contributed by atoms with E-state index in [9.17, 15) is 9.90 Å². The fourth-order valence-electron chi connectivity index (χ4n) is 1.72. The molecule has 1 atom stereocenters. The SMILES string of the molecule is C[C@@H](O)c1cccc(NC(=O)c2ccccc2Br)c1. The summed E-state index contributed by atoms with van der Waals surface area (Å²) in [5, 5.41) is 12.3. The van der Waals surface area contributed by atoms with E-state index in [1.807, 2.05) is 24.3 Å². The van der Waals surface area contributed by atoms with E-state index in [0.29, 0.717) is 11.3 Å². The Kier molecular flexibility index (Phi) is 4.35. The zero-order chi connectivity index (χ0) is 13.8. The quantitative estimate of drug-likeness (QED) is 0.905. The molecule has 19 heavy (non-hydrogen) atoms. The zero-order valence-electron chi connectivity index (χ0n) is 10.4. The van der Waals surface area contributed by atoms with Crippen molar-refractivity contribution in [2.45, 2.75) is 13.0 Å². The molecule has 0 radical (unpaired) electrons. The van der Waals surface area contributed by atoms with Gasteiger partial charge in [-0.3, -0.25) is 4.79 Å². The molecule has 0 heterocycles. The molecule has 2 N–H and O–H groups in total. The molecular weight excluding hydrogens is 306 g/mol. The summed E-state index contributed by atoms with van der Waals surface area (Å²) in [6, 6.07) is 14.4. The van der Waals surface area contributed by atoms with Crippen molar-refractivity contribution in [2.24, 2.45) is 0 Å². The maximum atomic E-state index is 12.1. The normalized spacial score (nSPS) is 11.9. The molecule has 0 aromatic heterocycles. The first-order valence-electron chi connectivity index (χ1n) is 5.92. The van der Waals surface area contributed by atoms with Crippen molar-refractivity contribution >= 4 is 27.5 Å². The van der Waals surface area contributed by atoms with Crippen LogP contribution in [0.1, 0.15) is 28.9 Å². The van der Waals surface area contributed by atoms with E-state index in [-0.39, 0.29) is 5.91 Å². The third-order valence-electron chi connectivity index (χ3n) is 2.75. The van der Waals surface area contributed by atoms with Gasteiger partial charge in [-0.25, -0.2) is 0 Å². The third kappa shape index (κ3) is 3.43. The van der Waals surface area contributed by atoms with Crippen molar-refractivity contribution in [3.8, 4) is 0 Å². The van der Waals surface area contributed by atoms with E-state index in [1.165, 1.54) is 0 Å². The van der Waals surface area contributed by atoms with Crippen molar-refractivity contribution in [2.75, 3.05) is 5.32 Å². The Morgan fingerprint density at radius 1 is 1.21 bits per heavy atom. The number of benzene rings is 2. The minimum Gasteiger partial charge on any atom is -0.389 e. The van der Waals surface area contributed by atoms with E-state index in [0.717, 1.165) is 10.0 Å². The number of rotatable bonds is 3. The van der Waals surface area contributed by atoms with Crippen LogP contribution < -0.4 is 5.32 Å². The molecule has 98 valence electrons. The lowest BCUT2D eigenvalue weighted by atomic mass is 10.1. The number of anilines is 1. The van der Waals surface area contributed by atoms with Crippen LogP contribution in [0.25, 0.3) is 0 Å². The highest BCUT2D eigenvalue weighted by molar-refractivity contribution is 9.10. The first-order valence-corrected chi connectivity index (χ1v) is 6.71. The molecule has 0 bridgehead atoms. The number of hydrogen-bond acceptors (Lipinski definition) is 2. The lowest BCUT2D eigenvalue weighted by Gasteiger charge is -2.09. The number of nitrogens with one attached hydrogen (secondary N) is 1.